The Bertz CT molecular complexity index is 927. The van der Waals surface area contributed by atoms with Crippen LogP contribution in [0.3, 0.4) is 0 Å². The monoisotopic (exact) mass is 399 g/mol. The Labute approximate surface area is 171 Å². The molecular formula is C21H29N5O3. The fraction of sp³-hybridized carbons (Fsp3) is 0.476. The van der Waals surface area contributed by atoms with Crippen molar-refractivity contribution in [2.24, 2.45) is 7.05 Å². The molecule has 2 aromatic rings. The van der Waals surface area contributed by atoms with E-state index in [-0.39, 0.29) is 12.0 Å². The topological polar surface area (TPSA) is 79.7 Å². The number of nitrogens with zero attached hydrogens (tertiary/aromatic N) is 4. The van der Waals surface area contributed by atoms with Crippen LogP contribution in [0.15, 0.2) is 24.3 Å². The fourth-order valence-corrected chi connectivity index (χ4v) is 3.32. The quantitative estimate of drug-likeness (QED) is 0.858. The number of ether oxygens (including phenoxy) is 1. The standard InChI is InChI=1S/C21H29N5O3/c1-21(2,3)29-20(28)26-11-10-17-16(13-26)18(25(6)23-17)19(27)22-14-8-7-9-15(12-14)24(4)5/h7-9,12H,10-11,13H2,1-6H3,(H,22,27). The summed E-state index contributed by atoms with van der Waals surface area (Å²) in [5.74, 6) is -0.247. The van der Waals surface area contributed by atoms with Crippen molar-refractivity contribution in [2.45, 2.75) is 39.3 Å². The molecule has 1 N–H and O–H groups in total. The highest BCUT2D eigenvalue weighted by atomic mass is 16.6. The van der Waals surface area contributed by atoms with Crippen LogP contribution in [0.1, 0.15) is 42.5 Å². The lowest BCUT2D eigenvalue weighted by atomic mass is 10.1. The van der Waals surface area contributed by atoms with Gasteiger partial charge in [0.05, 0.1) is 12.2 Å². The molecule has 0 bridgehead atoms. The maximum Gasteiger partial charge on any atom is 0.410 e. The highest BCUT2D eigenvalue weighted by Crippen LogP contribution is 2.25. The molecule has 1 aliphatic rings. The molecule has 0 radical (unpaired) electrons. The molecule has 0 saturated heterocycles. The maximum absolute atomic E-state index is 13.0. The van der Waals surface area contributed by atoms with E-state index in [1.54, 1.807) is 16.6 Å². The zero-order valence-corrected chi connectivity index (χ0v) is 17.9. The summed E-state index contributed by atoms with van der Waals surface area (Å²) in [4.78, 5) is 29.1. The van der Waals surface area contributed by atoms with Crippen molar-refractivity contribution in [3.63, 3.8) is 0 Å². The van der Waals surface area contributed by atoms with E-state index >= 15 is 0 Å². The van der Waals surface area contributed by atoms with Crippen LogP contribution >= 0.6 is 0 Å². The lowest BCUT2D eigenvalue weighted by Gasteiger charge is -2.29. The summed E-state index contributed by atoms with van der Waals surface area (Å²) in [5, 5.41) is 7.45. The number of fused-ring (bicyclic) bond motifs is 1. The number of carbonyl (C=O) groups is 2. The van der Waals surface area contributed by atoms with E-state index in [1.165, 1.54) is 0 Å². The Morgan fingerprint density at radius 3 is 2.62 bits per heavy atom. The second-order valence-electron chi connectivity index (χ2n) is 8.45. The number of hydrogen-bond acceptors (Lipinski definition) is 5. The summed E-state index contributed by atoms with van der Waals surface area (Å²) in [7, 11) is 5.65. The molecule has 0 unspecified atom stereocenters. The van der Waals surface area contributed by atoms with Crippen LogP contribution in [-0.4, -0.2) is 52.9 Å². The van der Waals surface area contributed by atoms with E-state index in [0.717, 1.165) is 16.9 Å². The SMILES string of the molecule is CN(C)c1cccc(NC(=O)c2c3c(nn2C)CCN(C(=O)OC(C)(C)C)C3)c1. The number of nitrogens with one attached hydrogen (secondary N) is 1. The first-order valence-corrected chi connectivity index (χ1v) is 9.66. The average Bonchev–Trinajstić information content (AvgIpc) is 2.95. The van der Waals surface area contributed by atoms with Crippen LogP contribution in [0.25, 0.3) is 0 Å². The van der Waals surface area contributed by atoms with Crippen molar-refractivity contribution in [1.29, 1.82) is 0 Å². The van der Waals surface area contributed by atoms with Crippen molar-refractivity contribution >= 4 is 23.4 Å². The molecule has 1 aromatic carbocycles. The zero-order chi connectivity index (χ0) is 21.3. The second-order valence-corrected chi connectivity index (χ2v) is 8.45. The highest BCUT2D eigenvalue weighted by molar-refractivity contribution is 6.04. The van der Waals surface area contributed by atoms with Crippen LogP contribution in [0.4, 0.5) is 16.2 Å². The molecule has 0 fully saturated rings. The van der Waals surface area contributed by atoms with Gasteiger partial charge in [0.2, 0.25) is 0 Å². The first-order chi connectivity index (χ1) is 13.5. The number of benzene rings is 1. The first-order valence-electron chi connectivity index (χ1n) is 9.66. The van der Waals surface area contributed by atoms with Gasteiger partial charge in [-0.2, -0.15) is 5.10 Å². The van der Waals surface area contributed by atoms with Crippen LogP contribution < -0.4 is 10.2 Å². The van der Waals surface area contributed by atoms with Crippen LogP contribution in [0, 0.1) is 0 Å². The smallest absolute Gasteiger partial charge is 0.410 e. The largest absolute Gasteiger partial charge is 0.444 e. The molecule has 1 aromatic heterocycles. The molecule has 0 aliphatic carbocycles. The first kappa shape index (κ1) is 20.7. The van der Waals surface area contributed by atoms with Gasteiger partial charge in [0, 0.05) is 51.0 Å². The number of anilines is 2. The molecule has 2 amide bonds. The number of aromatic nitrogens is 2. The number of carbonyl (C=O) groups excluding carboxylic acids is 2. The summed E-state index contributed by atoms with van der Waals surface area (Å²) in [6, 6.07) is 7.63. The minimum Gasteiger partial charge on any atom is -0.444 e. The minimum atomic E-state index is -0.566. The van der Waals surface area contributed by atoms with E-state index in [2.05, 4.69) is 10.4 Å². The van der Waals surface area contributed by atoms with Gasteiger partial charge in [0.15, 0.2) is 0 Å². The Morgan fingerprint density at radius 1 is 1.24 bits per heavy atom. The van der Waals surface area contributed by atoms with Gasteiger partial charge in [0.1, 0.15) is 11.3 Å². The Kier molecular flexibility index (Phi) is 5.55. The lowest BCUT2D eigenvalue weighted by Crippen LogP contribution is -2.40. The van der Waals surface area contributed by atoms with Crippen LogP contribution in [0.5, 0.6) is 0 Å². The highest BCUT2D eigenvalue weighted by Gasteiger charge is 2.31. The van der Waals surface area contributed by atoms with Crippen molar-refractivity contribution in [3.8, 4) is 0 Å². The molecule has 1 aliphatic heterocycles. The van der Waals surface area contributed by atoms with Crippen LogP contribution in [-0.2, 0) is 24.8 Å². The molecule has 0 spiro atoms. The molecule has 29 heavy (non-hydrogen) atoms. The van der Waals surface area contributed by atoms with Gasteiger partial charge in [-0.25, -0.2) is 4.79 Å². The van der Waals surface area contributed by atoms with Crippen molar-refractivity contribution in [2.75, 3.05) is 30.9 Å². The van der Waals surface area contributed by atoms with Crippen LogP contribution in [0.2, 0.25) is 0 Å². The molecule has 8 nitrogen and oxygen atoms in total. The summed E-state index contributed by atoms with van der Waals surface area (Å²) in [6.07, 6.45) is 0.211. The maximum atomic E-state index is 13.0. The van der Waals surface area contributed by atoms with E-state index in [4.69, 9.17) is 4.74 Å². The van der Waals surface area contributed by atoms with Crippen molar-refractivity contribution in [1.82, 2.24) is 14.7 Å². The summed E-state index contributed by atoms with van der Waals surface area (Å²) in [5.41, 5.74) is 3.21. The number of aryl methyl sites for hydroxylation is 1. The Balaban J connectivity index is 1.82. The molecule has 3 rings (SSSR count). The predicted molar refractivity (Wildman–Crippen MR) is 112 cm³/mol. The van der Waals surface area contributed by atoms with Gasteiger partial charge in [-0.3, -0.25) is 9.48 Å². The summed E-state index contributed by atoms with van der Waals surface area (Å²) in [6.45, 7) is 6.34. The Hall–Kier alpha value is -3.03. The van der Waals surface area contributed by atoms with E-state index in [1.807, 2.05) is 64.0 Å². The molecule has 2 heterocycles. The molecule has 156 valence electrons. The zero-order valence-electron chi connectivity index (χ0n) is 17.9. The third-order valence-corrected chi connectivity index (χ3v) is 4.68. The average molecular weight is 399 g/mol. The lowest BCUT2D eigenvalue weighted by molar-refractivity contribution is 0.0222. The van der Waals surface area contributed by atoms with E-state index < -0.39 is 5.60 Å². The Morgan fingerprint density at radius 2 is 1.97 bits per heavy atom. The minimum absolute atomic E-state index is 0.247. The third kappa shape index (κ3) is 4.70. The number of hydrogen-bond donors (Lipinski definition) is 1. The second kappa shape index (κ2) is 7.77. The van der Waals surface area contributed by atoms with Gasteiger partial charge in [-0.15, -0.1) is 0 Å². The van der Waals surface area contributed by atoms with E-state index in [9.17, 15) is 9.59 Å². The molecular weight excluding hydrogens is 370 g/mol. The van der Waals surface area contributed by atoms with Gasteiger partial charge in [-0.1, -0.05) is 6.07 Å². The van der Waals surface area contributed by atoms with Gasteiger partial charge in [-0.05, 0) is 39.0 Å². The fourth-order valence-electron chi connectivity index (χ4n) is 3.32. The summed E-state index contributed by atoms with van der Waals surface area (Å²) >= 11 is 0. The van der Waals surface area contributed by atoms with Gasteiger partial charge < -0.3 is 19.9 Å². The van der Waals surface area contributed by atoms with Gasteiger partial charge in [0.25, 0.3) is 5.91 Å². The van der Waals surface area contributed by atoms with Crippen molar-refractivity contribution in [3.05, 3.63) is 41.2 Å². The molecule has 0 atom stereocenters. The summed E-state index contributed by atoms with van der Waals surface area (Å²) < 4.78 is 7.08. The predicted octanol–water partition coefficient (Wildman–Crippen LogP) is 3.03. The molecule has 0 saturated carbocycles. The normalized spacial score (nSPS) is 13.7. The number of amides is 2. The number of rotatable bonds is 3. The molecule has 8 heteroatoms. The van der Waals surface area contributed by atoms with Crippen molar-refractivity contribution < 1.29 is 14.3 Å². The van der Waals surface area contributed by atoms with Gasteiger partial charge >= 0.3 is 6.09 Å². The third-order valence-electron chi connectivity index (χ3n) is 4.68. The van der Waals surface area contributed by atoms with E-state index in [0.29, 0.717) is 30.9 Å².